The zero-order valence-electron chi connectivity index (χ0n) is 6.67. The predicted octanol–water partition coefficient (Wildman–Crippen LogP) is 1.67. The Bertz CT molecular complexity index is 179. The highest BCUT2D eigenvalue weighted by Crippen LogP contribution is 2.08. The molecule has 0 aliphatic rings. The van der Waals surface area contributed by atoms with Crippen LogP contribution in [0, 0.1) is 0 Å². The Morgan fingerprint density at radius 3 is 2.40 bits per heavy atom. The van der Waals surface area contributed by atoms with E-state index in [1.54, 1.807) is 0 Å². The highest BCUT2D eigenvalue weighted by Gasteiger charge is 1.94. The molecule has 0 aliphatic heterocycles. The molecule has 0 saturated heterocycles. The average Bonchev–Trinajstić information content (AvgIpc) is 1.88. The minimum absolute atomic E-state index is 0.766. The summed E-state index contributed by atoms with van der Waals surface area (Å²) < 4.78 is 0. The topological polar surface area (TPSA) is 0 Å². The van der Waals surface area contributed by atoms with E-state index in [2.05, 4.69) is 45.1 Å². The Kier molecular flexibility index (Phi) is 2.55. The highest BCUT2D eigenvalue weighted by molar-refractivity contribution is 6.11. The second kappa shape index (κ2) is 3.45. The zero-order chi connectivity index (χ0) is 7.40. The van der Waals surface area contributed by atoms with Gasteiger partial charge < -0.3 is 0 Å². The first-order chi connectivity index (χ1) is 4.79. The van der Waals surface area contributed by atoms with Crippen LogP contribution in [0.3, 0.4) is 0 Å². The summed E-state index contributed by atoms with van der Waals surface area (Å²) in [5.74, 6) is 0.766. The molecule has 0 saturated carbocycles. The first-order valence-electron chi connectivity index (χ1n) is 3.83. The summed E-state index contributed by atoms with van der Waals surface area (Å²) in [6.07, 6.45) is 1.20. The van der Waals surface area contributed by atoms with Crippen molar-refractivity contribution in [3.8, 4) is 0 Å². The molecule has 0 aliphatic carbocycles. The monoisotopic (exact) mass is 132 g/mol. The number of hydrogen-bond acceptors (Lipinski definition) is 0. The lowest BCUT2D eigenvalue weighted by Gasteiger charge is -2.02. The van der Waals surface area contributed by atoms with Gasteiger partial charge in [-0.15, -0.1) is 0 Å². The maximum Gasteiger partial charge on any atom is 0.105 e. The van der Waals surface area contributed by atoms with Gasteiger partial charge in [-0.05, 0) is 12.0 Å². The normalized spacial score (nSPS) is 12.9. The van der Waals surface area contributed by atoms with Gasteiger partial charge in [0.2, 0.25) is 0 Å². The average molecular weight is 132 g/mol. The van der Waals surface area contributed by atoms with Crippen LogP contribution < -0.4 is 0 Å². The minimum atomic E-state index is 0.766. The molecule has 0 unspecified atom stereocenters. The van der Waals surface area contributed by atoms with Gasteiger partial charge in [-0.25, -0.2) is 0 Å². The van der Waals surface area contributed by atoms with Crippen molar-refractivity contribution in [3.63, 3.8) is 0 Å². The first-order valence-corrected chi connectivity index (χ1v) is 3.83. The van der Waals surface area contributed by atoms with Crippen molar-refractivity contribution in [1.82, 2.24) is 0 Å². The van der Waals surface area contributed by atoms with Crippen molar-refractivity contribution in [1.29, 1.82) is 0 Å². The van der Waals surface area contributed by atoms with Crippen molar-refractivity contribution in [2.75, 3.05) is 0 Å². The van der Waals surface area contributed by atoms with E-state index in [1.807, 2.05) is 0 Å². The van der Waals surface area contributed by atoms with Crippen LogP contribution in [0.25, 0.3) is 0 Å². The van der Waals surface area contributed by atoms with E-state index in [0.29, 0.717) is 0 Å². The Balaban J connectivity index is 2.59. The zero-order valence-corrected chi connectivity index (χ0v) is 6.67. The lowest BCUT2D eigenvalue weighted by molar-refractivity contribution is 0.916. The van der Waals surface area contributed by atoms with Crippen LogP contribution in [-0.4, -0.2) is 7.85 Å². The molecule has 0 fully saturated rings. The summed E-state index contributed by atoms with van der Waals surface area (Å²) in [7, 11) is 2.24. The fourth-order valence-electron chi connectivity index (χ4n) is 1.09. The molecule has 1 rings (SSSR count). The summed E-state index contributed by atoms with van der Waals surface area (Å²) in [4.78, 5) is 0. The van der Waals surface area contributed by atoms with Crippen molar-refractivity contribution < 1.29 is 0 Å². The van der Waals surface area contributed by atoms with E-state index in [0.717, 1.165) is 5.82 Å². The Labute approximate surface area is 63.7 Å². The third-order valence-corrected chi connectivity index (χ3v) is 1.49. The van der Waals surface area contributed by atoms with Crippen LogP contribution in [0.15, 0.2) is 30.3 Å². The molecule has 0 heterocycles. The van der Waals surface area contributed by atoms with Crippen LogP contribution >= 0.6 is 0 Å². The van der Waals surface area contributed by atoms with Gasteiger partial charge in [0.1, 0.15) is 7.85 Å². The van der Waals surface area contributed by atoms with Crippen molar-refractivity contribution in [2.24, 2.45) is 0 Å². The standard InChI is InChI=1S/C9H13B/c1-8(10)7-9-5-3-2-4-6-9/h2-6,8H,7,10H2,1H3/t8-/m1/s1. The van der Waals surface area contributed by atoms with E-state index >= 15 is 0 Å². The number of hydrogen-bond donors (Lipinski definition) is 0. The summed E-state index contributed by atoms with van der Waals surface area (Å²) in [5.41, 5.74) is 1.44. The summed E-state index contributed by atoms with van der Waals surface area (Å²) in [6.45, 7) is 2.24. The number of rotatable bonds is 2. The fraction of sp³-hybridized carbons (Fsp3) is 0.333. The van der Waals surface area contributed by atoms with Crippen LogP contribution in [-0.2, 0) is 6.42 Å². The van der Waals surface area contributed by atoms with Gasteiger partial charge in [-0.3, -0.25) is 0 Å². The number of benzene rings is 1. The quantitative estimate of drug-likeness (QED) is 0.537. The van der Waals surface area contributed by atoms with Crippen molar-refractivity contribution >= 4 is 7.85 Å². The van der Waals surface area contributed by atoms with E-state index < -0.39 is 0 Å². The van der Waals surface area contributed by atoms with Gasteiger partial charge in [0, 0.05) is 0 Å². The summed E-state index contributed by atoms with van der Waals surface area (Å²) in [6, 6.07) is 10.6. The minimum Gasteiger partial charge on any atom is -0.0694 e. The molecule has 1 atom stereocenters. The van der Waals surface area contributed by atoms with Crippen LogP contribution in [0.5, 0.6) is 0 Å². The van der Waals surface area contributed by atoms with Gasteiger partial charge in [0.05, 0.1) is 0 Å². The SMILES string of the molecule is B[C@H](C)Cc1ccccc1. The molecular formula is C9H13B. The van der Waals surface area contributed by atoms with E-state index in [-0.39, 0.29) is 0 Å². The molecule has 0 amide bonds. The predicted molar refractivity (Wildman–Crippen MR) is 48.1 cm³/mol. The molecule has 0 nitrogen and oxygen atoms in total. The lowest BCUT2D eigenvalue weighted by atomic mass is 9.84. The fourth-order valence-corrected chi connectivity index (χ4v) is 1.09. The first kappa shape index (κ1) is 7.39. The second-order valence-electron chi connectivity index (χ2n) is 3.08. The van der Waals surface area contributed by atoms with Gasteiger partial charge in [0.25, 0.3) is 0 Å². The highest BCUT2D eigenvalue weighted by atomic mass is 13.9. The molecule has 0 aromatic heterocycles. The molecule has 1 heteroatoms. The molecule has 52 valence electrons. The molecule has 0 bridgehead atoms. The Morgan fingerprint density at radius 2 is 1.90 bits per heavy atom. The lowest BCUT2D eigenvalue weighted by Crippen LogP contribution is -1.90. The molecular weight excluding hydrogens is 119 g/mol. The molecule has 10 heavy (non-hydrogen) atoms. The summed E-state index contributed by atoms with van der Waals surface area (Å²) in [5, 5.41) is 0. The van der Waals surface area contributed by atoms with Gasteiger partial charge in [-0.1, -0.05) is 43.1 Å². The van der Waals surface area contributed by atoms with Gasteiger partial charge >= 0.3 is 0 Å². The van der Waals surface area contributed by atoms with Crippen molar-refractivity contribution in [2.45, 2.75) is 19.2 Å². The van der Waals surface area contributed by atoms with Crippen LogP contribution in [0.4, 0.5) is 0 Å². The maximum atomic E-state index is 2.24. The molecule has 0 spiro atoms. The third-order valence-electron chi connectivity index (χ3n) is 1.49. The molecule has 0 N–H and O–H groups in total. The second-order valence-corrected chi connectivity index (χ2v) is 3.08. The van der Waals surface area contributed by atoms with Crippen LogP contribution in [0.2, 0.25) is 5.82 Å². The molecule has 1 aromatic carbocycles. The Hall–Kier alpha value is -0.715. The van der Waals surface area contributed by atoms with Crippen LogP contribution in [0.1, 0.15) is 12.5 Å². The van der Waals surface area contributed by atoms with Crippen molar-refractivity contribution in [3.05, 3.63) is 35.9 Å². The molecule has 1 aromatic rings. The smallest absolute Gasteiger partial charge is 0.0694 e. The van der Waals surface area contributed by atoms with Gasteiger partial charge in [0.15, 0.2) is 0 Å². The van der Waals surface area contributed by atoms with E-state index in [4.69, 9.17) is 0 Å². The van der Waals surface area contributed by atoms with Gasteiger partial charge in [-0.2, -0.15) is 0 Å². The molecule has 0 radical (unpaired) electrons. The largest absolute Gasteiger partial charge is 0.105 e. The maximum absolute atomic E-state index is 2.24. The third kappa shape index (κ3) is 2.26. The Morgan fingerprint density at radius 1 is 1.30 bits per heavy atom. The van der Waals surface area contributed by atoms with E-state index in [1.165, 1.54) is 12.0 Å². The summed E-state index contributed by atoms with van der Waals surface area (Å²) >= 11 is 0. The van der Waals surface area contributed by atoms with E-state index in [9.17, 15) is 0 Å².